The molecule has 1 aromatic heterocycles. The summed E-state index contributed by atoms with van der Waals surface area (Å²) in [5.74, 6) is 2.93. The summed E-state index contributed by atoms with van der Waals surface area (Å²) in [7, 11) is 0. The van der Waals surface area contributed by atoms with Crippen molar-refractivity contribution in [3.8, 4) is 0 Å². The smallest absolute Gasteiger partial charge is 0.122 e. The SMILES string of the molecule is Cc1ccc(C(C(C)N)N2CCCC3CCCCC32)o1. The van der Waals surface area contributed by atoms with Crippen LogP contribution in [0.2, 0.25) is 0 Å². The van der Waals surface area contributed by atoms with Gasteiger partial charge in [0.1, 0.15) is 11.5 Å². The van der Waals surface area contributed by atoms with Gasteiger partial charge in [-0.3, -0.25) is 4.90 Å². The van der Waals surface area contributed by atoms with Gasteiger partial charge < -0.3 is 10.2 Å². The zero-order chi connectivity index (χ0) is 14.1. The van der Waals surface area contributed by atoms with Gasteiger partial charge in [-0.25, -0.2) is 0 Å². The van der Waals surface area contributed by atoms with Crippen LogP contribution < -0.4 is 5.73 Å². The Hall–Kier alpha value is -0.800. The maximum absolute atomic E-state index is 6.33. The van der Waals surface area contributed by atoms with E-state index >= 15 is 0 Å². The molecule has 2 aliphatic rings. The zero-order valence-corrected chi connectivity index (χ0v) is 12.8. The van der Waals surface area contributed by atoms with Gasteiger partial charge in [0.05, 0.1) is 6.04 Å². The molecule has 1 aliphatic carbocycles. The van der Waals surface area contributed by atoms with Crippen LogP contribution in [0.25, 0.3) is 0 Å². The van der Waals surface area contributed by atoms with Crippen LogP contribution in [-0.2, 0) is 0 Å². The van der Waals surface area contributed by atoms with E-state index in [0.29, 0.717) is 0 Å². The third kappa shape index (κ3) is 2.66. The second kappa shape index (κ2) is 5.90. The molecule has 1 aliphatic heterocycles. The average molecular weight is 276 g/mol. The molecule has 0 bridgehead atoms. The molecule has 2 heterocycles. The van der Waals surface area contributed by atoms with Gasteiger partial charge in [-0.1, -0.05) is 12.8 Å². The molecular formula is C17H28N2O. The van der Waals surface area contributed by atoms with Crippen LogP contribution in [0.5, 0.6) is 0 Å². The van der Waals surface area contributed by atoms with Crippen LogP contribution in [0.3, 0.4) is 0 Å². The first-order valence-corrected chi connectivity index (χ1v) is 8.24. The molecule has 112 valence electrons. The van der Waals surface area contributed by atoms with Gasteiger partial charge in [0.15, 0.2) is 0 Å². The van der Waals surface area contributed by atoms with E-state index in [1.165, 1.54) is 45.1 Å². The molecule has 3 heteroatoms. The van der Waals surface area contributed by atoms with Gasteiger partial charge in [0.25, 0.3) is 0 Å². The van der Waals surface area contributed by atoms with Gasteiger partial charge in [-0.05, 0) is 64.1 Å². The molecule has 1 saturated carbocycles. The minimum absolute atomic E-state index is 0.112. The summed E-state index contributed by atoms with van der Waals surface area (Å²) in [4.78, 5) is 2.66. The Balaban J connectivity index is 1.86. The molecule has 1 saturated heterocycles. The van der Waals surface area contributed by atoms with Crippen LogP contribution in [0.15, 0.2) is 16.5 Å². The molecule has 2 N–H and O–H groups in total. The lowest BCUT2D eigenvalue weighted by Gasteiger charge is -2.48. The monoisotopic (exact) mass is 276 g/mol. The average Bonchev–Trinajstić information content (AvgIpc) is 2.85. The number of rotatable bonds is 3. The van der Waals surface area contributed by atoms with Gasteiger partial charge in [0.2, 0.25) is 0 Å². The first-order valence-electron chi connectivity index (χ1n) is 8.24. The van der Waals surface area contributed by atoms with Crippen LogP contribution in [0.4, 0.5) is 0 Å². The van der Waals surface area contributed by atoms with E-state index in [2.05, 4.69) is 24.0 Å². The number of hydrogen-bond acceptors (Lipinski definition) is 3. The predicted molar refractivity (Wildman–Crippen MR) is 81.5 cm³/mol. The van der Waals surface area contributed by atoms with Crippen molar-refractivity contribution >= 4 is 0 Å². The van der Waals surface area contributed by atoms with Crippen LogP contribution in [-0.4, -0.2) is 23.5 Å². The number of furan rings is 1. The van der Waals surface area contributed by atoms with Crippen LogP contribution >= 0.6 is 0 Å². The predicted octanol–water partition coefficient (Wildman–Crippen LogP) is 3.63. The van der Waals surface area contributed by atoms with Crippen molar-refractivity contribution in [1.82, 2.24) is 4.90 Å². The maximum atomic E-state index is 6.33. The fourth-order valence-corrected chi connectivity index (χ4v) is 4.35. The Kier molecular flexibility index (Phi) is 4.18. The Morgan fingerprint density at radius 3 is 2.65 bits per heavy atom. The van der Waals surface area contributed by atoms with E-state index in [9.17, 15) is 0 Å². The first kappa shape index (κ1) is 14.2. The molecule has 3 nitrogen and oxygen atoms in total. The number of aryl methyl sites for hydroxylation is 1. The van der Waals surface area contributed by atoms with Crippen molar-refractivity contribution in [2.45, 2.75) is 70.5 Å². The standard InChI is InChI=1S/C17H28N2O/c1-12-9-10-16(20-12)17(13(2)18)19-11-5-7-14-6-3-4-8-15(14)19/h9-10,13-15,17H,3-8,11,18H2,1-2H3. The third-order valence-electron chi connectivity index (χ3n) is 5.19. The molecule has 0 aromatic carbocycles. The number of likely N-dealkylation sites (tertiary alicyclic amines) is 1. The minimum Gasteiger partial charge on any atom is -0.465 e. The Morgan fingerprint density at radius 1 is 1.20 bits per heavy atom. The molecule has 0 radical (unpaired) electrons. The number of nitrogens with two attached hydrogens (primary N) is 1. The highest BCUT2D eigenvalue weighted by molar-refractivity contribution is 5.13. The highest BCUT2D eigenvalue weighted by atomic mass is 16.3. The lowest BCUT2D eigenvalue weighted by molar-refractivity contribution is 0.0103. The summed E-state index contributed by atoms with van der Waals surface area (Å²) < 4.78 is 5.92. The number of fused-ring (bicyclic) bond motifs is 1. The second-order valence-corrected chi connectivity index (χ2v) is 6.74. The van der Waals surface area contributed by atoms with Gasteiger partial charge in [0, 0.05) is 12.1 Å². The van der Waals surface area contributed by atoms with Crippen molar-refractivity contribution < 1.29 is 4.42 Å². The summed E-state index contributed by atoms with van der Waals surface area (Å²) in [5.41, 5.74) is 6.33. The van der Waals surface area contributed by atoms with Crippen molar-refractivity contribution in [1.29, 1.82) is 0 Å². The normalized spacial score (nSPS) is 30.8. The van der Waals surface area contributed by atoms with E-state index in [1.807, 2.05) is 6.92 Å². The van der Waals surface area contributed by atoms with Gasteiger partial charge in [-0.2, -0.15) is 0 Å². The highest BCUT2D eigenvalue weighted by Crippen LogP contribution is 2.40. The van der Waals surface area contributed by atoms with Gasteiger partial charge in [-0.15, -0.1) is 0 Å². The zero-order valence-electron chi connectivity index (χ0n) is 12.8. The fourth-order valence-electron chi connectivity index (χ4n) is 4.35. The molecule has 1 aromatic rings. The summed E-state index contributed by atoms with van der Waals surface area (Å²) in [6, 6.07) is 5.26. The first-order chi connectivity index (χ1) is 9.66. The van der Waals surface area contributed by atoms with Crippen molar-refractivity contribution in [3.05, 3.63) is 23.7 Å². The lowest BCUT2D eigenvalue weighted by Crippen LogP contribution is -2.52. The summed E-state index contributed by atoms with van der Waals surface area (Å²) >= 11 is 0. The molecule has 2 fully saturated rings. The van der Waals surface area contributed by atoms with E-state index in [-0.39, 0.29) is 12.1 Å². The van der Waals surface area contributed by atoms with E-state index < -0.39 is 0 Å². The minimum atomic E-state index is 0.112. The summed E-state index contributed by atoms with van der Waals surface area (Å²) in [5, 5.41) is 0. The molecule has 0 spiro atoms. The quantitative estimate of drug-likeness (QED) is 0.916. The number of nitrogens with zero attached hydrogens (tertiary/aromatic N) is 1. The van der Waals surface area contributed by atoms with Crippen molar-refractivity contribution in [3.63, 3.8) is 0 Å². The van der Waals surface area contributed by atoms with Crippen molar-refractivity contribution in [2.75, 3.05) is 6.54 Å². The maximum Gasteiger partial charge on any atom is 0.122 e. The molecule has 4 atom stereocenters. The summed E-state index contributed by atoms with van der Waals surface area (Å²) in [6.07, 6.45) is 8.25. The molecular weight excluding hydrogens is 248 g/mol. The second-order valence-electron chi connectivity index (χ2n) is 6.74. The van der Waals surface area contributed by atoms with Gasteiger partial charge >= 0.3 is 0 Å². The molecule has 3 rings (SSSR count). The van der Waals surface area contributed by atoms with E-state index in [0.717, 1.165) is 23.5 Å². The Morgan fingerprint density at radius 2 is 1.95 bits per heavy atom. The Labute approximate surface area is 122 Å². The fraction of sp³-hybridized carbons (Fsp3) is 0.765. The number of piperidine rings is 1. The third-order valence-corrected chi connectivity index (χ3v) is 5.19. The largest absolute Gasteiger partial charge is 0.465 e. The highest BCUT2D eigenvalue weighted by Gasteiger charge is 2.39. The van der Waals surface area contributed by atoms with E-state index in [1.54, 1.807) is 0 Å². The topological polar surface area (TPSA) is 42.4 Å². The molecule has 4 unspecified atom stereocenters. The van der Waals surface area contributed by atoms with E-state index in [4.69, 9.17) is 10.2 Å². The lowest BCUT2D eigenvalue weighted by atomic mass is 9.77. The van der Waals surface area contributed by atoms with Crippen molar-refractivity contribution in [2.24, 2.45) is 11.7 Å². The molecule has 20 heavy (non-hydrogen) atoms. The Bertz CT molecular complexity index is 438. The summed E-state index contributed by atoms with van der Waals surface area (Å²) in [6.45, 7) is 5.31. The van der Waals surface area contributed by atoms with Crippen LogP contribution in [0.1, 0.15) is 63.0 Å². The molecule has 0 amide bonds. The van der Waals surface area contributed by atoms with Crippen LogP contribution in [0, 0.1) is 12.8 Å². The number of hydrogen-bond donors (Lipinski definition) is 1.